The highest BCUT2D eigenvalue weighted by molar-refractivity contribution is 5.62. The molecule has 0 saturated carbocycles. The van der Waals surface area contributed by atoms with Gasteiger partial charge in [-0.2, -0.15) is 18.2 Å². The van der Waals surface area contributed by atoms with Crippen LogP contribution >= 0.6 is 0 Å². The smallest absolute Gasteiger partial charge is 0.399 e. The summed E-state index contributed by atoms with van der Waals surface area (Å²) in [6, 6.07) is 3.20. The molecule has 0 bridgehead atoms. The summed E-state index contributed by atoms with van der Waals surface area (Å²) in [5.41, 5.74) is 4.82. The molecule has 1 atom stereocenters. The Balaban J connectivity index is 2.42. The molecule has 0 aliphatic heterocycles. The van der Waals surface area contributed by atoms with Crippen molar-refractivity contribution in [2.75, 3.05) is 5.73 Å². The molecule has 2 N–H and O–H groups in total. The Hall–Kier alpha value is -2.05. The van der Waals surface area contributed by atoms with Gasteiger partial charge in [-0.3, -0.25) is 0 Å². The van der Waals surface area contributed by atoms with Gasteiger partial charge in [-0.15, -0.1) is 0 Å². The third kappa shape index (κ3) is 2.92. The lowest BCUT2D eigenvalue weighted by molar-refractivity contribution is -0.137. The van der Waals surface area contributed by atoms with Gasteiger partial charge in [0.05, 0.1) is 5.56 Å². The van der Waals surface area contributed by atoms with E-state index in [1.807, 2.05) is 13.8 Å². The Morgan fingerprint density at radius 1 is 1.30 bits per heavy atom. The molecule has 1 unspecified atom stereocenters. The number of alkyl halides is 3. The second kappa shape index (κ2) is 5.15. The number of nitrogens with zero attached hydrogens (tertiary/aromatic N) is 2. The van der Waals surface area contributed by atoms with Crippen LogP contribution in [0.25, 0.3) is 11.5 Å². The first-order chi connectivity index (χ1) is 9.31. The number of rotatable bonds is 3. The Morgan fingerprint density at radius 2 is 2.00 bits per heavy atom. The van der Waals surface area contributed by atoms with E-state index in [1.54, 1.807) is 0 Å². The summed E-state index contributed by atoms with van der Waals surface area (Å²) in [6.45, 7) is 3.87. The summed E-state index contributed by atoms with van der Waals surface area (Å²) in [6.07, 6.45) is -3.66. The van der Waals surface area contributed by atoms with Gasteiger partial charge in [0, 0.05) is 17.2 Å². The second-order valence-electron chi connectivity index (χ2n) is 4.61. The third-order valence-electron chi connectivity index (χ3n) is 3.02. The molecule has 0 spiro atoms. The first kappa shape index (κ1) is 14.4. The summed E-state index contributed by atoms with van der Waals surface area (Å²) in [5, 5.41) is 3.78. The minimum Gasteiger partial charge on any atom is -0.399 e. The highest BCUT2D eigenvalue weighted by atomic mass is 19.4. The van der Waals surface area contributed by atoms with Crippen molar-refractivity contribution in [2.45, 2.75) is 32.4 Å². The summed E-state index contributed by atoms with van der Waals surface area (Å²) in [5.74, 6) is 0.590. The van der Waals surface area contributed by atoms with Gasteiger partial charge in [0.15, 0.2) is 5.82 Å². The van der Waals surface area contributed by atoms with E-state index >= 15 is 0 Å². The monoisotopic (exact) mass is 285 g/mol. The number of hydrogen-bond acceptors (Lipinski definition) is 4. The van der Waals surface area contributed by atoms with Crippen molar-refractivity contribution in [1.29, 1.82) is 0 Å². The van der Waals surface area contributed by atoms with Gasteiger partial charge in [-0.1, -0.05) is 19.0 Å². The molecule has 0 amide bonds. The third-order valence-corrected chi connectivity index (χ3v) is 3.02. The van der Waals surface area contributed by atoms with Crippen LogP contribution in [0.15, 0.2) is 22.7 Å². The van der Waals surface area contributed by atoms with Crippen LogP contribution in [0.2, 0.25) is 0 Å². The van der Waals surface area contributed by atoms with E-state index < -0.39 is 11.7 Å². The van der Waals surface area contributed by atoms with Gasteiger partial charge in [-0.25, -0.2) is 0 Å². The van der Waals surface area contributed by atoms with Crippen LogP contribution in [-0.2, 0) is 6.18 Å². The van der Waals surface area contributed by atoms with Crippen molar-refractivity contribution >= 4 is 5.69 Å². The van der Waals surface area contributed by atoms with Crippen LogP contribution in [0.4, 0.5) is 18.9 Å². The van der Waals surface area contributed by atoms with Gasteiger partial charge >= 0.3 is 6.18 Å². The number of halogens is 3. The fraction of sp³-hybridized carbons (Fsp3) is 0.385. The van der Waals surface area contributed by atoms with Gasteiger partial charge in [-0.05, 0) is 24.6 Å². The minimum absolute atomic E-state index is 0.00175. The molecule has 2 aromatic rings. The average molecular weight is 285 g/mol. The molecule has 2 rings (SSSR count). The number of nitrogen functional groups attached to an aromatic ring is 1. The van der Waals surface area contributed by atoms with Crippen LogP contribution < -0.4 is 5.73 Å². The quantitative estimate of drug-likeness (QED) is 0.870. The maximum Gasteiger partial charge on any atom is 0.416 e. The molecular formula is C13H14F3N3O. The molecule has 20 heavy (non-hydrogen) atoms. The van der Waals surface area contributed by atoms with Gasteiger partial charge in [0.1, 0.15) is 0 Å². The Bertz CT molecular complexity index is 607. The molecule has 1 aromatic carbocycles. The molecule has 0 radical (unpaired) electrons. The fourth-order valence-electron chi connectivity index (χ4n) is 1.67. The Kier molecular flexibility index (Phi) is 3.69. The normalized spacial score (nSPS) is 13.4. The van der Waals surface area contributed by atoms with Crippen LogP contribution in [0, 0.1) is 0 Å². The first-order valence-electron chi connectivity index (χ1n) is 6.13. The lowest BCUT2D eigenvalue weighted by Gasteiger charge is -2.08. The molecule has 0 fully saturated rings. The van der Waals surface area contributed by atoms with Crippen molar-refractivity contribution < 1.29 is 17.7 Å². The van der Waals surface area contributed by atoms with E-state index in [0.717, 1.165) is 18.6 Å². The SMILES string of the molecule is CCC(C)c1noc(-c2cc(N)cc(C(F)(F)F)c2)n1. The lowest BCUT2D eigenvalue weighted by Crippen LogP contribution is -2.06. The van der Waals surface area contributed by atoms with E-state index in [4.69, 9.17) is 10.3 Å². The van der Waals surface area contributed by atoms with Crippen LogP contribution in [0.1, 0.15) is 37.6 Å². The number of benzene rings is 1. The minimum atomic E-state index is -4.47. The number of aromatic nitrogens is 2. The van der Waals surface area contributed by atoms with Gasteiger partial charge < -0.3 is 10.3 Å². The summed E-state index contributed by atoms with van der Waals surface area (Å²) in [4.78, 5) is 4.11. The predicted molar refractivity (Wildman–Crippen MR) is 67.9 cm³/mol. The maximum absolute atomic E-state index is 12.7. The zero-order valence-corrected chi connectivity index (χ0v) is 11.0. The van der Waals surface area contributed by atoms with Crippen LogP contribution in [0.3, 0.4) is 0 Å². The van der Waals surface area contributed by atoms with Crippen molar-refractivity contribution in [3.8, 4) is 11.5 Å². The van der Waals surface area contributed by atoms with Crippen molar-refractivity contribution in [3.05, 3.63) is 29.6 Å². The van der Waals surface area contributed by atoms with E-state index in [2.05, 4.69) is 10.1 Å². The topological polar surface area (TPSA) is 64.9 Å². The molecule has 1 heterocycles. The molecule has 0 aliphatic carbocycles. The molecule has 108 valence electrons. The lowest BCUT2D eigenvalue weighted by atomic mass is 10.1. The van der Waals surface area contributed by atoms with Crippen molar-refractivity contribution in [1.82, 2.24) is 10.1 Å². The fourth-order valence-corrected chi connectivity index (χ4v) is 1.67. The summed E-state index contributed by atoms with van der Waals surface area (Å²) < 4.78 is 43.2. The zero-order chi connectivity index (χ0) is 14.9. The first-order valence-corrected chi connectivity index (χ1v) is 6.13. The van der Waals surface area contributed by atoms with E-state index in [9.17, 15) is 13.2 Å². The van der Waals surface area contributed by atoms with Gasteiger partial charge in [0.25, 0.3) is 5.89 Å². The standard InChI is InChI=1S/C13H14F3N3O/c1-3-7(2)11-18-12(20-19-11)8-4-9(13(14,15)16)6-10(17)5-8/h4-7H,3,17H2,1-2H3. The van der Waals surface area contributed by atoms with E-state index in [-0.39, 0.29) is 23.1 Å². The summed E-state index contributed by atoms with van der Waals surface area (Å²) in [7, 11) is 0. The van der Waals surface area contributed by atoms with E-state index in [1.165, 1.54) is 6.07 Å². The largest absolute Gasteiger partial charge is 0.416 e. The number of nitrogens with two attached hydrogens (primary N) is 1. The Morgan fingerprint density at radius 3 is 2.60 bits per heavy atom. The average Bonchev–Trinajstić information content (AvgIpc) is 2.85. The summed E-state index contributed by atoms with van der Waals surface area (Å²) >= 11 is 0. The van der Waals surface area contributed by atoms with Crippen LogP contribution in [0.5, 0.6) is 0 Å². The molecule has 0 saturated heterocycles. The Labute approximate surface area is 113 Å². The molecule has 1 aromatic heterocycles. The number of anilines is 1. The second-order valence-corrected chi connectivity index (χ2v) is 4.61. The maximum atomic E-state index is 12.7. The van der Waals surface area contributed by atoms with Crippen molar-refractivity contribution in [2.24, 2.45) is 0 Å². The highest BCUT2D eigenvalue weighted by Crippen LogP contribution is 2.34. The number of hydrogen-bond donors (Lipinski definition) is 1. The van der Waals surface area contributed by atoms with Gasteiger partial charge in [0.2, 0.25) is 0 Å². The highest BCUT2D eigenvalue weighted by Gasteiger charge is 2.31. The molecule has 4 nitrogen and oxygen atoms in total. The molecule has 0 aliphatic rings. The van der Waals surface area contributed by atoms with Crippen molar-refractivity contribution in [3.63, 3.8) is 0 Å². The molecule has 7 heteroatoms. The molecular weight excluding hydrogens is 271 g/mol. The van der Waals surface area contributed by atoms with E-state index in [0.29, 0.717) is 5.82 Å². The predicted octanol–water partition coefficient (Wildman–Crippen LogP) is 3.85. The zero-order valence-electron chi connectivity index (χ0n) is 11.0. The van der Waals surface area contributed by atoms with Crippen LogP contribution in [-0.4, -0.2) is 10.1 Å².